The molecule has 1 aromatic carbocycles. The number of amides is 1. The Labute approximate surface area is 132 Å². The van der Waals surface area contributed by atoms with Crippen molar-refractivity contribution in [1.29, 1.82) is 0 Å². The molecule has 7 nitrogen and oxygen atoms in total. The summed E-state index contributed by atoms with van der Waals surface area (Å²) >= 11 is 1.47. The molecule has 1 heterocycles. The van der Waals surface area contributed by atoms with E-state index in [0.717, 1.165) is 17.7 Å². The van der Waals surface area contributed by atoms with E-state index in [2.05, 4.69) is 15.6 Å². The van der Waals surface area contributed by atoms with Crippen LogP contribution in [0.4, 0.5) is 10.8 Å². The highest BCUT2D eigenvalue weighted by Gasteiger charge is 2.15. The van der Waals surface area contributed by atoms with Crippen LogP contribution in [0.2, 0.25) is 0 Å². The fraction of sp³-hybridized carbons (Fsp3) is 0.231. The molecular formula is C13H16N4O3S2. The normalized spacial score (nSPS) is 11.2. The topological polar surface area (TPSA) is 100 Å². The maximum atomic E-state index is 11.8. The van der Waals surface area contributed by atoms with Crippen LogP contribution in [-0.2, 0) is 21.4 Å². The lowest BCUT2D eigenvalue weighted by Gasteiger charge is -2.06. The van der Waals surface area contributed by atoms with Crippen LogP contribution in [0.1, 0.15) is 12.6 Å². The largest absolute Gasteiger partial charge is 0.332 e. The second kappa shape index (κ2) is 6.86. The van der Waals surface area contributed by atoms with E-state index in [9.17, 15) is 13.2 Å². The van der Waals surface area contributed by atoms with E-state index in [1.807, 2.05) is 17.1 Å². The first-order valence-corrected chi connectivity index (χ1v) is 8.76. The molecule has 0 aliphatic rings. The summed E-state index contributed by atoms with van der Waals surface area (Å²) in [5.41, 5.74) is 1.65. The number of anilines is 2. The van der Waals surface area contributed by atoms with Gasteiger partial charge in [0.1, 0.15) is 0 Å². The number of hydrogen-bond donors (Lipinski definition) is 3. The van der Waals surface area contributed by atoms with Crippen LogP contribution in [0, 0.1) is 0 Å². The van der Waals surface area contributed by atoms with Gasteiger partial charge in [-0.05, 0) is 31.3 Å². The van der Waals surface area contributed by atoms with Gasteiger partial charge in [0, 0.05) is 24.5 Å². The highest BCUT2D eigenvalue weighted by molar-refractivity contribution is 7.90. The number of hydrogen-bond acceptors (Lipinski definition) is 7. The Balaban J connectivity index is 2.10. The van der Waals surface area contributed by atoms with Crippen molar-refractivity contribution in [2.75, 3.05) is 12.4 Å². The summed E-state index contributed by atoms with van der Waals surface area (Å²) in [4.78, 5) is 15.3. The summed E-state index contributed by atoms with van der Waals surface area (Å²) in [5.74, 6) is -0.623. The van der Waals surface area contributed by atoms with Gasteiger partial charge in [-0.25, -0.2) is 18.1 Å². The van der Waals surface area contributed by atoms with Crippen LogP contribution in [0.5, 0.6) is 0 Å². The number of carbonyl (C=O) groups is 1. The van der Waals surface area contributed by atoms with E-state index in [-0.39, 0.29) is 4.90 Å². The van der Waals surface area contributed by atoms with Crippen molar-refractivity contribution in [3.63, 3.8) is 0 Å². The molecule has 0 spiro atoms. The fourth-order valence-electron chi connectivity index (χ4n) is 1.72. The molecule has 2 aromatic rings. The fourth-order valence-corrected chi connectivity index (χ4v) is 3.44. The predicted octanol–water partition coefficient (Wildman–Crippen LogP) is 1.43. The average Bonchev–Trinajstić information content (AvgIpc) is 2.86. The van der Waals surface area contributed by atoms with Crippen LogP contribution in [0.25, 0.3) is 0 Å². The average molecular weight is 340 g/mol. The van der Waals surface area contributed by atoms with Gasteiger partial charge in [0.2, 0.25) is 5.91 Å². The van der Waals surface area contributed by atoms with Crippen LogP contribution >= 0.6 is 11.3 Å². The standard InChI is InChI=1S/C13H16N4O3S2/c1-9(18)17-22(19,20)12-5-3-10(4-6-12)15-13-16-11(7-14-2)8-21-13/h3-6,8,14H,7H2,1-2H3,(H,15,16)(H,17,18). The van der Waals surface area contributed by atoms with Gasteiger partial charge in [0.25, 0.3) is 10.0 Å². The van der Waals surface area contributed by atoms with Crippen molar-refractivity contribution in [2.24, 2.45) is 0 Å². The van der Waals surface area contributed by atoms with Crippen molar-refractivity contribution in [1.82, 2.24) is 15.0 Å². The van der Waals surface area contributed by atoms with Gasteiger partial charge in [-0.1, -0.05) is 0 Å². The Morgan fingerprint density at radius 3 is 2.55 bits per heavy atom. The van der Waals surface area contributed by atoms with Crippen LogP contribution in [0.3, 0.4) is 0 Å². The number of benzene rings is 1. The molecule has 9 heteroatoms. The number of aromatic nitrogens is 1. The molecule has 0 saturated heterocycles. The monoisotopic (exact) mass is 340 g/mol. The van der Waals surface area contributed by atoms with Crippen LogP contribution in [-0.4, -0.2) is 26.4 Å². The van der Waals surface area contributed by atoms with E-state index in [1.54, 1.807) is 12.1 Å². The maximum Gasteiger partial charge on any atom is 0.264 e. The molecule has 22 heavy (non-hydrogen) atoms. The van der Waals surface area contributed by atoms with Gasteiger partial charge in [0.05, 0.1) is 10.6 Å². The summed E-state index contributed by atoms with van der Waals surface area (Å²) < 4.78 is 25.6. The first-order valence-electron chi connectivity index (χ1n) is 6.40. The van der Waals surface area contributed by atoms with E-state index in [1.165, 1.54) is 23.5 Å². The number of sulfonamides is 1. The minimum absolute atomic E-state index is 0.0308. The van der Waals surface area contributed by atoms with E-state index in [4.69, 9.17) is 0 Å². The third kappa shape index (κ3) is 4.26. The van der Waals surface area contributed by atoms with Gasteiger partial charge in [-0.3, -0.25) is 4.79 Å². The third-order valence-electron chi connectivity index (χ3n) is 2.60. The van der Waals surface area contributed by atoms with Gasteiger partial charge in [0.15, 0.2) is 5.13 Å². The Hall–Kier alpha value is -1.97. The number of carbonyl (C=O) groups excluding carboxylic acids is 1. The molecular weight excluding hydrogens is 324 g/mol. The van der Waals surface area contributed by atoms with Crippen LogP contribution in [0.15, 0.2) is 34.5 Å². The van der Waals surface area contributed by atoms with Crippen molar-refractivity contribution >= 4 is 38.1 Å². The first kappa shape index (κ1) is 16.4. The molecule has 0 radical (unpaired) electrons. The van der Waals surface area contributed by atoms with E-state index in [0.29, 0.717) is 12.2 Å². The molecule has 0 fully saturated rings. The Morgan fingerprint density at radius 1 is 1.27 bits per heavy atom. The molecule has 3 N–H and O–H groups in total. The second-order valence-corrected chi connectivity index (χ2v) is 7.03. The summed E-state index contributed by atoms with van der Waals surface area (Å²) in [7, 11) is -1.95. The molecule has 0 bridgehead atoms. The molecule has 2 rings (SSSR count). The van der Waals surface area contributed by atoms with Crippen molar-refractivity contribution in [3.05, 3.63) is 35.3 Å². The minimum atomic E-state index is -3.80. The zero-order valence-corrected chi connectivity index (χ0v) is 13.7. The first-order chi connectivity index (χ1) is 10.4. The van der Waals surface area contributed by atoms with Gasteiger partial charge in [-0.2, -0.15) is 0 Å². The molecule has 1 amide bonds. The lowest BCUT2D eigenvalue weighted by atomic mass is 10.3. The van der Waals surface area contributed by atoms with Gasteiger partial charge >= 0.3 is 0 Å². The van der Waals surface area contributed by atoms with Crippen molar-refractivity contribution in [3.8, 4) is 0 Å². The lowest BCUT2D eigenvalue weighted by molar-refractivity contribution is -0.117. The highest BCUT2D eigenvalue weighted by Crippen LogP contribution is 2.22. The van der Waals surface area contributed by atoms with Gasteiger partial charge in [-0.15, -0.1) is 11.3 Å². The number of nitrogens with zero attached hydrogens (tertiary/aromatic N) is 1. The molecule has 0 aliphatic heterocycles. The smallest absolute Gasteiger partial charge is 0.264 e. The lowest BCUT2D eigenvalue weighted by Crippen LogP contribution is -2.28. The number of nitrogens with one attached hydrogen (secondary N) is 3. The SMILES string of the molecule is CNCc1csc(Nc2ccc(S(=O)(=O)NC(C)=O)cc2)n1. The van der Waals surface area contributed by atoms with Crippen LogP contribution < -0.4 is 15.4 Å². The Morgan fingerprint density at radius 2 is 1.95 bits per heavy atom. The molecule has 1 aromatic heterocycles. The summed E-state index contributed by atoms with van der Waals surface area (Å²) in [6, 6.07) is 6.09. The second-order valence-electron chi connectivity index (χ2n) is 4.49. The number of thiazole rings is 1. The Bertz CT molecular complexity index is 754. The van der Waals surface area contributed by atoms with Crippen molar-refractivity contribution in [2.45, 2.75) is 18.4 Å². The van der Waals surface area contributed by atoms with E-state index < -0.39 is 15.9 Å². The minimum Gasteiger partial charge on any atom is -0.332 e. The summed E-state index contributed by atoms with van der Waals surface area (Å²) in [6.07, 6.45) is 0. The van der Waals surface area contributed by atoms with Crippen molar-refractivity contribution < 1.29 is 13.2 Å². The summed E-state index contributed by atoms with van der Waals surface area (Å²) in [6.45, 7) is 1.84. The van der Waals surface area contributed by atoms with E-state index >= 15 is 0 Å². The predicted molar refractivity (Wildman–Crippen MR) is 85.6 cm³/mol. The highest BCUT2D eigenvalue weighted by atomic mass is 32.2. The number of rotatable bonds is 6. The molecule has 0 saturated carbocycles. The molecule has 118 valence electrons. The zero-order valence-electron chi connectivity index (χ0n) is 12.1. The Kier molecular flexibility index (Phi) is 5.11. The maximum absolute atomic E-state index is 11.8. The quantitative estimate of drug-likeness (QED) is 0.735. The molecule has 0 unspecified atom stereocenters. The molecule has 0 aliphatic carbocycles. The van der Waals surface area contributed by atoms with Gasteiger partial charge < -0.3 is 10.6 Å². The third-order valence-corrected chi connectivity index (χ3v) is 4.86. The zero-order chi connectivity index (χ0) is 16.2. The molecule has 0 atom stereocenters. The summed E-state index contributed by atoms with van der Waals surface area (Å²) in [5, 5.41) is 8.78.